The van der Waals surface area contributed by atoms with Gasteiger partial charge in [-0.15, -0.1) is 0 Å². The maximum absolute atomic E-state index is 5.83. The van der Waals surface area contributed by atoms with Gasteiger partial charge in [-0.2, -0.15) is 0 Å². The van der Waals surface area contributed by atoms with Crippen LogP contribution >= 0.6 is 0 Å². The molecule has 1 heterocycles. The molecule has 2 atom stereocenters. The van der Waals surface area contributed by atoms with Crippen molar-refractivity contribution in [3.05, 3.63) is 0 Å². The van der Waals surface area contributed by atoms with Crippen LogP contribution in [0.2, 0.25) is 0 Å². The van der Waals surface area contributed by atoms with Crippen molar-refractivity contribution in [2.24, 2.45) is 11.5 Å². The second kappa shape index (κ2) is 4.04. The maximum Gasteiger partial charge on any atom is 0.0107 e. The molecule has 0 saturated carbocycles. The van der Waals surface area contributed by atoms with Gasteiger partial charge >= 0.3 is 0 Å². The third-order valence-electron chi connectivity index (χ3n) is 2.47. The van der Waals surface area contributed by atoms with Gasteiger partial charge in [0.2, 0.25) is 0 Å². The highest BCUT2D eigenvalue weighted by Gasteiger charge is 2.21. The molecule has 0 aliphatic carbocycles. The smallest absolute Gasteiger partial charge is 0.0107 e. The average molecular weight is 157 g/mol. The number of likely N-dealkylation sites (tertiary alicyclic amines) is 1. The van der Waals surface area contributed by atoms with E-state index in [1.807, 2.05) is 0 Å². The van der Waals surface area contributed by atoms with Crippen molar-refractivity contribution in [3.8, 4) is 0 Å². The quantitative estimate of drug-likeness (QED) is 0.581. The summed E-state index contributed by atoms with van der Waals surface area (Å²) >= 11 is 0. The fourth-order valence-corrected chi connectivity index (χ4v) is 1.76. The van der Waals surface area contributed by atoms with Crippen molar-refractivity contribution in [1.82, 2.24) is 4.90 Å². The van der Waals surface area contributed by atoms with Crippen molar-refractivity contribution in [2.45, 2.75) is 31.8 Å². The Morgan fingerprint density at radius 3 is 2.82 bits per heavy atom. The van der Waals surface area contributed by atoms with Gasteiger partial charge in [0.25, 0.3) is 0 Å². The number of piperidine rings is 1. The second-order valence-electron chi connectivity index (χ2n) is 3.46. The molecule has 11 heavy (non-hydrogen) atoms. The lowest BCUT2D eigenvalue weighted by Crippen LogP contribution is -2.47. The summed E-state index contributed by atoms with van der Waals surface area (Å²) in [7, 11) is 0. The van der Waals surface area contributed by atoms with Crippen molar-refractivity contribution < 1.29 is 0 Å². The SMILES string of the molecule is CC1CC(N)CCN1CCN. The molecule has 1 aliphatic rings. The Kier molecular flexibility index (Phi) is 3.30. The molecule has 0 aromatic carbocycles. The summed E-state index contributed by atoms with van der Waals surface area (Å²) in [6.07, 6.45) is 2.25. The molecule has 4 N–H and O–H groups in total. The zero-order valence-corrected chi connectivity index (χ0v) is 7.29. The van der Waals surface area contributed by atoms with Crippen LogP contribution in [-0.4, -0.2) is 36.6 Å². The van der Waals surface area contributed by atoms with Crippen LogP contribution in [0.15, 0.2) is 0 Å². The maximum atomic E-state index is 5.83. The first-order valence-corrected chi connectivity index (χ1v) is 4.43. The monoisotopic (exact) mass is 157 g/mol. The largest absolute Gasteiger partial charge is 0.329 e. The summed E-state index contributed by atoms with van der Waals surface area (Å²) in [5.41, 5.74) is 11.3. The number of hydrogen-bond donors (Lipinski definition) is 2. The molecule has 0 spiro atoms. The van der Waals surface area contributed by atoms with Gasteiger partial charge in [-0.25, -0.2) is 0 Å². The van der Waals surface area contributed by atoms with Crippen LogP contribution in [0, 0.1) is 0 Å². The highest BCUT2D eigenvalue weighted by atomic mass is 15.2. The van der Waals surface area contributed by atoms with E-state index in [9.17, 15) is 0 Å². The van der Waals surface area contributed by atoms with Gasteiger partial charge in [0, 0.05) is 25.2 Å². The van der Waals surface area contributed by atoms with Crippen molar-refractivity contribution in [1.29, 1.82) is 0 Å². The molecular weight excluding hydrogens is 138 g/mol. The molecule has 66 valence electrons. The Balaban J connectivity index is 2.31. The summed E-state index contributed by atoms with van der Waals surface area (Å²) in [4.78, 5) is 2.42. The zero-order chi connectivity index (χ0) is 8.27. The molecule has 0 aromatic rings. The van der Waals surface area contributed by atoms with E-state index in [0.717, 1.165) is 32.5 Å². The molecule has 1 fully saturated rings. The highest BCUT2D eigenvalue weighted by molar-refractivity contribution is 4.80. The fourth-order valence-electron chi connectivity index (χ4n) is 1.76. The summed E-state index contributed by atoms with van der Waals surface area (Å²) in [5, 5.41) is 0. The summed E-state index contributed by atoms with van der Waals surface area (Å²) in [6.45, 7) is 5.14. The third-order valence-corrected chi connectivity index (χ3v) is 2.47. The lowest BCUT2D eigenvalue weighted by atomic mass is 9.99. The van der Waals surface area contributed by atoms with Gasteiger partial charge in [-0.1, -0.05) is 0 Å². The van der Waals surface area contributed by atoms with Crippen LogP contribution in [0.4, 0.5) is 0 Å². The molecule has 2 unspecified atom stereocenters. The van der Waals surface area contributed by atoms with Gasteiger partial charge in [0.15, 0.2) is 0 Å². The topological polar surface area (TPSA) is 55.3 Å². The van der Waals surface area contributed by atoms with Crippen LogP contribution < -0.4 is 11.5 Å². The normalized spacial score (nSPS) is 34.1. The molecule has 0 radical (unpaired) electrons. The first kappa shape index (κ1) is 8.97. The van der Waals surface area contributed by atoms with Crippen molar-refractivity contribution in [3.63, 3.8) is 0 Å². The molecule has 0 aromatic heterocycles. The Hall–Kier alpha value is -0.120. The summed E-state index contributed by atoms with van der Waals surface area (Å²) in [6, 6.07) is 1.04. The number of hydrogen-bond acceptors (Lipinski definition) is 3. The van der Waals surface area contributed by atoms with Gasteiger partial charge < -0.3 is 11.5 Å². The second-order valence-corrected chi connectivity index (χ2v) is 3.46. The Labute approximate surface area is 68.7 Å². The van der Waals surface area contributed by atoms with E-state index in [-0.39, 0.29) is 0 Å². The molecule has 1 aliphatic heterocycles. The lowest BCUT2D eigenvalue weighted by molar-refractivity contribution is 0.152. The van der Waals surface area contributed by atoms with Crippen molar-refractivity contribution in [2.75, 3.05) is 19.6 Å². The van der Waals surface area contributed by atoms with Gasteiger partial charge in [-0.05, 0) is 26.3 Å². The fraction of sp³-hybridized carbons (Fsp3) is 1.00. The van der Waals surface area contributed by atoms with Crippen LogP contribution in [0.5, 0.6) is 0 Å². The Morgan fingerprint density at radius 1 is 1.55 bits per heavy atom. The van der Waals surface area contributed by atoms with E-state index in [1.165, 1.54) is 0 Å². The number of rotatable bonds is 2. The molecule has 0 bridgehead atoms. The minimum Gasteiger partial charge on any atom is -0.329 e. The van der Waals surface area contributed by atoms with Crippen LogP contribution in [0.3, 0.4) is 0 Å². The van der Waals surface area contributed by atoms with E-state index < -0.39 is 0 Å². The minimum absolute atomic E-state index is 0.416. The van der Waals surface area contributed by atoms with E-state index in [1.54, 1.807) is 0 Å². The van der Waals surface area contributed by atoms with E-state index in [4.69, 9.17) is 11.5 Å². The summed E-state index contributed by atoms with van der Waals surface area (Å²) < 4.78 is 0. The predicted octanol–water partition coefficient (Wildman–Crippen LogP) is -0.243. The zero-order valence-electron chi connectivity index (χ0n) is 7.29. The van der Waals surface area contributed by atoms with E-state index in [0.29, 0.717) is 12.1 Å². The molecule has 1 rings (SSSR count). The van der Waals surface area contributed by atoms with Crippen LogP contribution in [0.1, 0.15) is 19.8 Å². The minimum atomic E-state index is 0.416. The Morgan fingerprint density at radius 2 is 2.27 bits per heavy atom. The van der Waals surface area contributed by atoms with E-state index in [2.05, 4.69) is 11.8 Å². The Bertz CT molecular complexity index is 116. The third kappa shape index (κ3) is 2.43. The molecule has 1 saturated heterocycles. The van der Waals surface area contributed by atoms with Crippen molar-refractivity contribution >= 4 is 0 Å². The first-order valence-electron chi connectivity index (χ1n) is 4.43. The molecule has 0 amide bonds. The first-order chi connectivity index (χ1) is 5.24. The number of nitrogens with zero attached hydrogens (tertiary/aromatic N) is 1. The lowest BCUT2D eigenvalue weighted by Gasteiger charge is -2.35. The predicted molar refractivity (Wildman–Crippen MR) is 47.3 cm³/mol. The van der Waals surface area contributed by atoms with Gasteiger partial charge in [-0.3, -0.25) is 4.90 Å². The van der Waals surface area contributed by atoms with Gasteiger partial charge in [0.05, 0.1) is 0 Å². The number of nitrogens with two attached hydrogens (primary N) is 2. The molecule has 3 heteroatoms. The average Bonchev–Trinajstić information content (AvgIpc) is 1.95. The standard InChI is InChI=1S/C8H19N3/c1-7-6-8(10)2-4-11(7)5-3-9/h7-8H,2-6,9-10H2,1H3. The molecular formula is C8H19N3. The summed E-state index contributed by atoms with van der Waals surface area (Å²) in [5.74, 6) is 0. The van der Waals surface area contributed by atoms with Crippen LogP contribution in [0.25, 0.3) is 0 Å². The highest BCUT2D eigenvalue weighted by Crippen LogP contribution is 2.14. The van der Waals surface area contributed by atoms with Gasteiger partial charge in [0.1, 0.15) is 0 Å². The van der Waals surface area contributed by atoms with Crippen LogP contribution in [-0.2, 0) is 0 Å². The molecule has 3 nitrogen and oxygen atoms in total. The van der Waals surface area contributed by atoms with E-state index >= 15 is 0 Å².